The van der Waals surface area contributed by atoms with Gasteiger partial charge >= 0.3 is 0 Å². The Morgan fingerprint density at radius 1 is 1.39 bits per heavy atom. The first-order valence-electron chi connectivity index (χ1n) is 6.19. The lowest BCUT2D eigenvalue weighted by Crippen LogP contribution is -2.18. The largest absolute Gasteiger partial charge is 0.458 e. The number of benzene rings is 1. The van der Waals surface area contributed by atoms with Crippen LogP contribution in [0.25, 0.3) is 11.0 Å². The maximum absolute atomic E-state index is 10.4. The second kappa shape index (κ2) is 5.16. The topological polar surface area (TPSA) is 33.4 Å². The molecule has 1 aromatic heterocycles. The first kappa shape index (κ1) is 12.4. The number of hydrogen-bond acceptors (Lipinski definition) is 3. The second-order valence-electron chi connectivity index (χ2n) is 4.75. The normalized spacial score (nSPS) is 22.2. The summed E-state index contributed by atoms with van der Waals surface area (Å²) in [5.41, 5.74) is 0.789. The molecule has 0 saturated carbocycles. The molecule has 2 heterocycles. The average Bonchev–Trinajstić information content (AvgIpc) is 2.81. The molecule has 1 N–H and O–H groups in total. The third-order valence-corrected chi connectivity index (χ3v) is 4.91. The molecule has 0 aliphatic carbocycles. The molecule has 4 heteroatoms. The fraction of sp³-hybridized carbons (Fsp3) is 0.429. The SMILES string of the molecule is OC(c1cc2cc(Cl)ccc2o1)C1CCCSC1. The lowest BCUT2D eigenvalue weighted by Gasteiger charge is -2.24. The molecule has 1 aliphatic heterocycles. The van der Waals surface area contributed by atoms with Gasteiger partial charge in [0.05, 0.1) is 0 Å². The molecule has 2 unspecified atom stereocenters. The highest BCUT2D eigenvalue weighted by Gasteiger charge is 2.26. The summed E-state index contributed by atoms with van der Waals surface area (Å²) in [5, 5.41) is 12.0. The van der Waals surface area contributed by atoms with Gasteiger partial charge in [-0.15, -0.1) is 0 Å². The molecule has 1 aliphatic rings. The van der Waals surface area contributed by atoms with Crippen molar-refractivity contribution in [1.29, 1.82) is 0 Å². The lowest BCUT2D eigenvalue weighted by molar-refractivity contribution is 0.0923. The summed E-state index contributed by atoms with van der Waals surface area (Å²) in [6.45, 7) is 0. The van der Waals surface area contributed by atoms with Crippen LogP contribution in [0.15, 0.2) is 28.7 Å². The van der Waals surface area contributed by atoms with Gasteiger partial charge in [-0.2, -0.15) is 11.8 Å². The minimum absolute atomic E-state index is 0.305. The van der Waals surface area contributed by atoms with E-state index in [9.17, 15) is 5.11 Å². The Morgan fingerprint density at radius 2 is 2.28 bits per heavy atom. The number of furan rings is 1. The Morgan fingerprint density at radius 3 is 3.06 bits per heavy atom. The quantitative estimate of drug-likeness (QED) is 0.893. The molecule has 3 rings (SSSR count). The Bertz CT molecular complexity index is 546. The number of thioether (sulfide) groups is 1. The highest BCUT2D eigenvalue weighted by Crippen LogP contribution is 2.35. The number of hydrogen-bond donors (Lipinski definition) is 1. The van der Waals surface area contributed by atoms with Crippen LogP contribution in [0.5, 0.6) is 0 Å². The summed E-state index contributed by atoms with van der Waals surface area (Å²) in [6, 6.07) is 7.43. The van der Waals surface area contributed by atoms with Gasteiger partial charge in [-0.1, -0.05) is 11.6 Å². The van der Waals surface area contributed by atoms with Crippen LogP contribution in [-0.2, 0) is 0 Å². The zero-order chi connectivity index (χ0) is 12.5. The van der Waals surface area contributed by atoms with Crippen LogP contribution >= 0.6 is 23.4 Å². The molecule has 1 aromatic carbocycles. The number of rotatable bonds is 2. The summed E-state index contributed by atoms with van der Waals surface area (Å²) >= 11 is 7.86. The highest BCUT2D eigenvalue weighted by atomic mass is 35.5. The minimum atomic E-state index is -0.496. The van der Waals surface area contributed by atoms with E-state index < -0.39 is 6.10 Å². The molecule has 2 nitrogen and oxygen atoms in total. The monoisotopic (exact) mass is 282 g/mol. The average molecular weight is 283 g/mol. The third-order valence-electron chi connectivity index (χ3n) is 3.43. The van der Waals surface area contributed by atoms with Crippen molar-refractivity contribution in [3.63, 3.8) is 0 Å². The molecule has 1 saturated heterocycles. The first-order valence-corrected chi connectivity index (χ1v) is 7.72. The number of fused-ring (bicyclic) bond motifs is 1. The van der Waals surface area contributed by atoms with E-state index in [1.807, 2.05) is 30.0 Å². The van der Waals surface area contributed by atoms with E-state index in [4.69, 9.17) is 16.0 Å². The van der Waals surface area contributed by atoms with Crippen LogP contribution in [-0.4, -0.2) is 16.6 Å². The predicted molar refractivity (Wildman–Crippen MR) is 76.2 cm³/mol. The van der Waals surface area contributed by atoms with Crippen LogP contribution in [0.3, 0.4) is 0 Å². The van der Waals surface area contributed by atoms with Crippen molar-refractivity contribution in [3.05, 3.63) is 35.0 Å². The minimum Gasteiger partial charge on any atom is -0.458 e. The molecule has 0 spiro atoms. The van der Waals surface area contributed by atoms with Crippen LogP contribution in [0.1, 0.15) is 24.7 Å². The van der Waals surface area contributed by atoms with E-state index in [1.54, 1.807) is 6.07 Å². The maximum Gasteiger partial charge on any atom is 0.134 e. The fourth-order valence-electron chi connectivity index (χ4n) is 2.43. The van der Waals surface area contributed by atoms with E-state index in [0.717, 1.165) is 23.1 Å². The van der Waals surface area contributed by atoms with Gasteiger partial charge in [0.15, 0.2) is 0 Å². The summed E-state index contributed by atoms with van der Waals surface area (Å²) in [5.74, 6) is 3.19. The van der Waals surface area contributed by atoms with Gasteiger partial charge in [-0.3, -0.25) is 0 Å². The number of halogens is 1. The van der Waals surface area contributed by atoms with Gasteiger partial charge in [-0.05, 0) is 48.6 Å². The van der Waals surface area contributed by atoms with Crippen LogP contribution < -0.4 is 0 Å². The zero-order valence-corrected chi connectivity index (χ0v) is 11.5. The molecule has 0 radical (unpaired) electrons. The van der Waals surface area contributed by atoms with E-state index in [0.29, 0.717) is 16.7 Å². The summed E-state index contributed by atoms with van der Waals surface area (Å²) in [7, 11) is 0. The van der Waals surface area contributed by atoms with Crippen LogP contribution in [0.4, 0.5) is 0 Å². The van der Waals surface area contributed by atoms with Gasteiger partial charge in [0.2, 0.25) is 0 Å². The molecule has 96 valence electrons. The van der Waals surface area contributed by atoms with Crippen molar-refractivity contribution in [2.45, 2.75) is 18.9 Å². The van der Waals surface area contributed by atoms with E-state index in [-0.39, 0.29) is 0 Å². The summed E-state index contributed by atoms with van der Waals surface area (Å²) in [6.07, 6.45) is 1.76. The summed E-state index contributed by atoms with van der Waals surface area (Å²) < 4.78 is 5.72. The number of aliphatic hydroxyl groups is 1. The van der Waals surface area contributed by atoms with Gasteiger partial charge in [0, 0.05) is 16.3 Å². The summed E-state index contributed by atoms with van der Waals surface area (Å²) in [4.78, 5) is 0. The smallest absolute Gasteiger partial charge is 0.134 e. The highest BCUT2D eigenvalue weighted by molar-refractivity contribution is 7.99. The Hall–Kier alpha value is -0.640. The fourth-order valence-corrected chi connectivity index (χ4v) is 3.80. The molecular weight excluding hydrogens is 268 g/mol. The van der Waals surface area contributed by atoms with E-state index >= 15 is 0 Å². The lowest BCUT2D eigenvalue weighted by atomic mass is 9.97. The Kier molecular flexibility index (Phi) is 3.55. The van der Waals surface area contributed by atoms with Crippen LogP contribution in [0, 0.1) is 5.92 Å². The zero-order valence-electron chi connectivity index (χ0n) is 9.93. The van der Waals surface area contributed by atoms with Crippen molar-refractivity contribution in [1.82, 2.24) is 0 Å². The van der Waals surface area contributed by atoms with Crippen molar-refractivity contribution in [2.24, 2.45) is 5.92 Å². The van der Waals surface area contributed by atoms with Crippen molar-refractivity contribution < 1.29 is 9.52 Å². The molecule has 0 bridgehead atoms. The Balaban J connectivity index is 1.88. The second-order valence-corrected chi connectivity index (χ2v) is 6.34. The van der Waals surface area contributed by atoms with E-state index in [2.05, 4.69) is 0 Å². The van der Waals surface area contributed by atoms with Gasteiger partial charge in [0.1, 0.15) is 17.4 Å². The molecule has 2 atom stereocenters. The third kappa shape index (κ3) is 2.40. The maximum atomic E-state index is 10.4. The number of aliphatic hydroxyl groups excluding tert-OH is 1. The molecule has 18 heavy (non-hydrogen) atoms. The predicted octanol–water partition coefficient (Wildman–Crippen LogP) is 4.26. The molecule has 0 amide bonds. The van der Waals surface area contributed by atoms with Crippen molar-refractivity contribution >= 4 is 34.3 Å². The van der Waals surface area contributed by atoms with Crippen molar-refractivity contribution in [2.75, 3.05) is 11.5 Å². The Labute approximate surface area is 115 Å². The van der Waals surface area contributed by atoms with Crippen LogP contribution in [0.2, 0.25) is 5.02 Å². The van der Waals surface area contributed by atoms with Gasteiger partial charge in [0.25, 0.3) is 0 Å². The van der Waals surface area contributed by atoms with E-state index in [1.165, 1.54) is 12.2 Å². The van der Waals surface area contributed by atoms with Gasteiger partial charge < -0.3 is 9.52 Å². The standard InChI is InChI=1S/C14H15ClO2S/c15-11-3-4-12-10(6-11)7-13(17-12)14(16)9-2-1-5-18-8-9/h3-4,6-7,9,14,16H,1-2,5,8H2. The molecule has 1 fully saturated rings. The van der Waals surface area contributed by atoms with Crippen molar-refractivity contribution in [3.8, 4) is 0 Å². The molecule has 2 aromatic rings. The first-order chi connectivity index (χ1) is 8.74. The molecular formula is C14H15ClO2S. The van der Waals surface area contributed by atoms with Gasteiger partial charge in [-0.25, -0.2) is 0 Å².